The fourth-order valence-corrected chi connectivity index (χ4v) is 4.20. The Bertz CT molecular complexity index is 1780. The average Bonchev–Trinajstić information content (AvgIpc) is 3.41. The number of halogens is 2. The lowest BCUT2D eigenvalue weighted by molar-refractivity contribution is 0.101. The minimum Gasteiger partial charge on any atom is -0.452 e. The van der Waals surface area contributed by atoms with Crippen LogP contribution in [-0.4, -0.2) is 30.7 Å². The summed E-state index contributed by atoms with van der Waals surface area (Å²) in [7, 11) is 1.60. The molecule has 0 radical (unpaired) electrons. The van der Waals surface area contributed by atoms with Crippen molar-refractivity contribution in [3.05, 3.63) is 106 Å². The summed E-state index contributed by atoms with van der Waals surface area (Å²) in [6, 6.07) is 12.2. The molecule has 0 saturated carbocycles. The molecule has 5 aromatic rings. The largest absolute Gasteiger partial charge is 0.452 e. The molecule has 0 spiro atoms. The number of Topliss-reactive ketones (excluding diaryl/α,β-unsaturated/α-hetero) is 1. The number of anilines is 1. The number of benzene rings is 2. The van der Waals surface area contributed by atoms with Crippen molar-refractivity contribution in [2.24, 2.45) is 7.05 Å². The minimum absolute atomic E-state index is 0.0998. The number of ether oxygens (including phenoxy) is 1. The Labute approximate surface area is 214 Å². The first-order valence-corrected chi connectivity index (χ1v) is 11.5. The van der Waals surface area contributed by atoms with Crippen molar-refractivity contribution < 1.29 is 23.1 Å². The van der Waals surface area contributed by atoms with Gasteiger partial charge in [-0.2, -0.15) is 5.10 Å². The molecule has 0 aliphatic carbocycles. The summed E-state index contributed by atoms with van der Waals surface area (Å²) < 4.78 is 38.2. The van der Waals surface area contributed by atoms with Crippen molar-refractivity contribution in [1.82, 2.24) is 19.0 Å². The molecule has 9 nitrogen and oxygen atoms in total. The highest BCUT2D eigenvalue weighted by molar-refractivity contribution is 6.05. The van der Waals surface area contributed by atoms with Gasteiger partial charge in [-0.05, 0) is 56.3 Å². The standard InChI is InChI=1S/C27H21F2N5O4/c1-15-24(27(37)34(32(15)3)19-7-4-17(28)5-8-19)26(36)31-18-6-9-22(21(29)14-18)38-23-10-12-30-33-13-11-20(16(2)35)25(23)33/h4-14H,1-3H3,(H,31,36). The number of hydrogen-bond acceptors (Lipinski definition) is 5. The van der Waals surface area contributed by atoms with Gasteiger partial charge < -0.3 is 10.1 Å². The first kappa shape index (κ1) is 24.6. The van der Waals surface area contributed by atoms with Gasteiger partial charge in [-0.25, -0.2) is 18.0 Å². The molecular formula is C27H21F2N5O4. The topological polar surface area (TPSA) is 99.6 Å². The van der Waals surface area contributed by atoms with E-state index in [4.69, 9.17) is 4.74 Å². The van der Waals surface area contributed by atoms with Crippen LogP contribution in [0.3, 0.4) is 0 Å². The number of carbonyl (C=O) groups excluding carboxylic acids is 2. The molecule has 192 valence electrons. The second kappa shape index (κ2) is 9.43. The first-order valence-electron chi connectivity index (χ1n) is 11.5. The van der Waals surface area contributed by atoms with Gasteiger partial charge in [-0.3, -0.25) is 19.1 Å². The number of aromatic nitrogens is 4. The molecule has 3 heterocycles. The van der Waals surface area contributed by atoms with E-state index in [2.05, 4.69) is 10.4 Å². The molecule has 2 aromatic carbocycles. The zero-order valence-corrected chi connectivity index (χ0v) is 20.5. The summed E-state index contributed by atoms with van der Waals surface area (Å²) in [5, 5.41) is 6.67. The third-order valence-corrected chi connectivity index (χ3v) is 6.16. The normalized spacial score (nSPS) is 11.1. The van der Waals surface area contributed by atoms with Crippen molar-refractivity contribution in [3.8, 4) is 17.2 Å². The number of rotatable bonds is 6. The van der Waals surface area contributed by atoms with Gasteiger partial charge in [0.1, 0.15) is 16.9 Å². The molecule has 0 atom stereocenters. The van der Waals surface area contributed by atoms with Crippen molar-refractivity contribution in [2.45, 2.75) is 13.8 Å². The SMILES string of the molecule is CC(=O)c1ccn2nccc(Oc3ccc(NC(=O)c4c(C)n(C)n(-c5ccc(F)cc5)c4=O)cc3F)c12. The molecule has 11 heteroatoms. The number of fused-ring (bicyclic) bond motifs is 1. The highest BCUT2D eigenvalue weighted by Gasteiger charge is 2.23. The summed E-state index contributed by atoms with van der Waals surface area (Å²) in [5.74, 6) is -2.07. The second-order valence-electron chi connectivity index (χ2n) is 8.55. The maximum atomic E-state index is 15.0. The summed E-state index contributed by atoms with van der Waals surface area (Å²) in [5.41, 5.74) is 0.882. The molecular weight excluding hydrogens is 496 g/mol. The summed E-state index contributed by atoms with van der Waals surface area (Å²) in [6.07, 6.45) is 3.06. The Kier molecular flexibility index (Phi) is 6.11. The van der Waals surface area contributed by atoms with E-state index in [1.54, 1.807) is 26.2 Å². The predicted octanol–water partition coefficient (Wildman–Crippen LogP) is 4.66. The Morgan fingerprint density at radius 2 is 1.74 bits per heavy atom. The van der Waals surface area contributed by atoms with E-state index in [-0.39, 0.29) is 28.5 Å². The zero-order chi connectivity index (χ0) is 27.1. The van der Waals surface area contributed by atoms with E-state index >= 15 is 0 Å². The molecule has 0 aliphatic heterocycles. The van der Waals surface area contributed by atoms with Crippen LogP contribution in [0.5, 0.6) is 11.5 Å². The van der Waals surface area contributed by atoms with Gasteiger partial charge in [0.15, 0.2) is 23.1 Å². The van der Waals surface area contributed by atoms with Crippen LogP contribution in [0.25, 0.3) is 11.2 Å². The molecule has 5 rings (SSSR count). The Morgan fingerprint density at radius 3 is 2.42 bits per heavy atom. The van der Waals surface area contributed by atoms with E-state index in [9.17, 15) is 23.2 Å². The quantitative estimate of drug-likeness (QED) is 0.331. The number of carbonyl (C=O) groups is 2. The molecule has 0 fully saturated rings. The molecule has 0 saturated heterocycles. The number of nitrogens with one attached hydrogen (secondary N) is 1. The van der Waals surface area contributed by atoms with Crippen LogP contribution in [0.4, 0.5) is 14.5 Å². The van der Waals surface area contributed by atoms with Gasteiger partial charge in [0.2, 0.25) is 0 Å². The second-order valence-corrected chi connectivity index (χ2v) is 8.55. The van der Waals surface area contributed by atoms with E-state index in [1.165, 1.54) is 69.5 Å². The highest BCUT2D eigenvalue weighted by atomic mass is 19.1. The predicted molar refractivity (Wildman–Crippen MR) is 135 cm³/mol. The molecule has 1 amide bonds. The zero-order valence-electron chi connectivity index (χ0n) is 20.5. The Morgan fingerprint density at radius 1 is 1.00 bits per heavy atom. The van der Waals surface area contributed by atoms with E-state index < -0.39 is 23.1 Å². The third kappa shape index (κ3) is 4.23. The summed E-state index contributed by atoms with van der Waals surface area (Å²) >= 11 is 0. The van der Waals surface area contributed by atoms with Crippen LogP contribution in [0.15, 0.2) is 71.8 Å². The van der Waals surface area contributed by atoms with E-state index in [0.717, 1.165) is 6.07 Å². The fourth-order valence-electron chi connectivity index (χ4n) is 4.20. The average molecular weight is 517 g/mol. The van der Waals surface area contributed by atoms with Crippen LogP contribution in [-0.2, 0) is 7.05 Å². The van der Waals surface area contributed by atoms with Gasteiger partial charge in [0.25, 0.3) is 11.5 Å². The monoisotopic (exact) mass is 517 g/mol. The molecule has 38 heavy (non-hydrogen) atoms. The lowest BCUT2D eigenvalue weighted by atomic mass is 10.2. The molecule has 0 aliphatic rings. The third-order valence-electron chi connectivity index (χ3n) is 6.16. The smallest absolute Gasteiger partial charge is 0.284 e. The number of amides is 1. The van der Waals surface area contributed by atoms with Crippen molar-refractivity contribution >= 4 is 22.9 Å². The van der Waals surface area contributed by atoms with E-state index in [0.29, 0.717) is 22.5 Å². The number of ketones is 1. The Balaban J connectivity index is 1.41. The minimum atomic E-state index is -0.776. The van der Waals surface area contributed by atoms with Crippen LogP contribution in [0.1, 0.15) is 33.3 Å². The van der Waals surface area contributed by atoms with Crippen LogP contribution in [0, 0.1) is 18.6 Å². The summed E-state index contributed by atoms with van der Waals surface area (Å²) in [4.78, 5) is 38.1. The lowest BCUT2D eigenvalue weighted by Crippen LogP contribution is -2.25. The van der Waals surface area contributed by atoms with E-state index in [1.807, 2.05) is 0 Å². The van der Waals surface area contributed by atoms with Gasteiger partial charge in [0.05, 0.1) is 17.6 Å². The molecule has 1 N–H and O–H groups in total. The van der Waals surface area contributed by atoms with Crippen molar-refractivity contribution in [2.75, 3.05) is 5.32 Å². The first-order chi connectivity index (χ1) is 18.2. The summed E-state index contributed by atoms with van der Waals surface area (Å²) in [6.45, 7) is 3.01. The maximum Gasteiger partial charge on any atom is 0.284 e. The van der Waals surface area contributed by atoms with Crippen LogP contribution < -0.4 is 15.6 Å². The number of hydrogen-bond donors (Lipinski definition) is 1. The van der Waals surface area contributed by atoms with Gasteiger partial charge in [-0.1, -0.05) is 0 Å². The molecule has 0 bridgehead atoms. The van der Waals surface area contributed by atoms with Crippen molar-refractivity contribution in [1.29, 1.82) is 0 Å². The van der Waals surface area contributed by atoms with Crippen molar-refractivity contribution in [3.63, 3.8) is 0 Å². The van der Waals surface area contributed by atoms with Gasteiger partial charge in [-0.15, -0.1) is 0 Å². The van der Waals surface area contributed by atoms with Crippen LogP contribution >= 0.6 is 0 Å². The van der Waals surface area contributed by atoms with Gasteiger partial charge in [0, 0.05) is 36.6 Å². The molecule has 0 unspecified atom stereocenters. The van der Waals surface area contributed by atoms with Gasteiger partial charge >= 0.3 is 0 Å². The van der Waals surface area contributed by atoms with Crippen LogP contribution in [0.2, 0.25) is 0 Å². The molecule has 3 aromatic heterocycles. The maximum absolute atomic E-state index is 15.0. The number of nitrogens with zero attached hydrogens (tertiary/aromatic N) is 4. The fraction of sp³-hybridized carbons (Fsp3) is 0.111. The lowest BCUT2D eigenvalue weighted by Gasteiger charge is -2.11. The Hall–Kier alpha value is -5.06. The highest BCUT2D eigenvalue weighted by Crippen LogP contribution is 2.31.